The molecule has 0 radical (unpaired) electrons. The fraction of sp³-hybridized carbons (Fsp3) is 0.500. The highest BCUT2D eigenvalue weighted by atomic mass is 35.5. The molecule has 0 spiro atoms. The van der Waals surface area contributed by atoms with Gasteiger partial charge < -0.3 is 5.32 Å². The Morgan fingerprint density at radius 2 is 2.14 bits per heavy atom. The largest absolute Gasteiger partial charge is 0.353 e. The van der Waals surface area contributed by atoms with E-state index in [0.29, 0.717) is 5.02 Å². The zero-order valence-corrected chi connectivity index (χ0v) is 13.6. The minimum atomic E-state index is -3.32. The molecule has 1 aromatic rings. The Hall–Kier alpha value is -1.11. The van der Waals surface area contributed by atoms with Gasteiger partial charge in [0.2, 0.25) is 15.9 Å². The Bertz CT molecular complexity index is 631. The highest BCUT2D eigenvalue weighted by Crippen LogP contribution is 2.41. The molecule has 7 heteroatoms. The second-order valence-corrected chi connectivity index (χ2v) is 8.16. The van der Waals surface area contributed by atoms with Crippen molar-refractivity contribution in [3.05, 3.63) is 34.9 Å². The molecule has 2 rings (SSSR count). The number of amides is 1. The van der Waals surface area contributed by atoms with Crippen molar-refractivity contribution in [1.29, 1.82) is 0 Å². The Morgan fingerprint density at radius 1 is 1.43 bits per heavy atom. The van der Waals surface area contributed by atoms with Crippen LogP contribution in [0, 0.1) is 0 Å². The van der Waals surface area contributed by atoms with Gasteiger partial charge in [0.15, 0.2) is 0 Å². The summed E-state index contributed by atoms with van der Waals surface area (Å²) < 4.78 is 24.3. The van der Waals surface area contributed by atoms with Gasteiger partial charge in [0.1, 0.15) is 0 Å². The summed E-state index contributed by atoms with van der Waals surface area (Å²) in [6.07, 6.45) is 0.853. The zero-order chi connectivity index (χ0) is 15.6. The lowest BCUT2D eigenvalue weighted by Crippen LogP contribution is -2.31. The molecule has 0 bridgehead atoms. The molecule has 1 N–H and O–H groups in total. The monoisotopic (exact) mass is 330 g/mol. The highest BCUT2D eigenvalue weighted by Gasteiger charge is 2.39. The third kappa shape index (κ3) is 4.43. The van der Waals surface area contributed by atoms with Crippen LogP contribution >= 0.6 is 11.6 Å². The standard InChI is InChI=1S/C14H19ClN2O3S/c1-17(2)21(19,20)7-6-14(18)16-13-9-12(13)10-4-3-5-11(15)8-10/h3-5,8,12-13H,6-7,9H2,1-2H3,(H,16,18)/t12-,13-/m1/s1. The van der Waals surface area contributed by atoms with Crippen molar-refractivity contribution < 1.29 is 13.2 Å². The molecule has 0 aromatic heterocycles. The first-order valence-electron chi connectivity index (χ1n) is 6.74. The number of hydrogen-bond acceptors (Lipinski definition) is 3. The van der Waals surface area contributed by atoms with Crippen molar-refractivity contribution in [3.8, 4) is 0 Å². The van der Waals surface area contributed by atoms with Crippen LogP contribution in [-0.2, 0) is 14.8 Å². The first kappa shape index (κ1) is 16.3. The molecule has 21 heavy (non-hydrogen) atoms. The molecule has 0 saturated heterocycles. The van der Waals surface area contributed by atoms with Crippen LogP contribution in [0.4, 0.5) is 0 Å². The molecular formula is C14H19ClN2O3S. The SMILES string of the molecule is CN(C)S(=O)(=O)CCC(=O)N[C@@H]1C[C@@H]1c1cccc(Cl)c1. The van der Waals surface area contributed by atoms with Crippen LogP contribution < -0.4 is 5.32 Å². The number of rotatable bonds is 6. The van der Waals surface area contributed by atoms with Crippen LogP contribution in [0.2, 0.25) is 5.02 Å². The van der Waals surface area contributed by atoms with Gasteiger partial charge in [0.05, 0.1) is 5.75 Å². The van der Waals surface area contributed by atoms with E-state index in [4.69, 9.17) is 11.6 Å². The Kier molecular flexibility index (Phi) is 4.91. The molecule has 1 aliphatic rings. The van der Waals surface area contributed by atoms with Crippen molar-refractivity contribution in [1.82, 2.24) is 9.62 Å². The van der Waals surface area contributed by atoms with Crippen LogP contribution in [0.1, 0.15) is 24.3 Å². The van der Waals surface area contributed by atoms with E-state index < -0.39 is 10.0 Å². The van der Waals surface area contributed by atoms with E-state index >= 15 is 0 Å². The topological polar surface area (TPSA) is 66.5 Å². The molecule has 1 amide bonds. The summed E-state index contributed by atoms with van der Waals surface area (Å²) in [5.74, 6) is -0.117. The summed E-state index contributed by atoms with van der Waals surface area (Å²) in [7, 11) is -0.402. The van der Waals surface area contributed by atoms with Crippen LogP contribution in [0.3, 0.4) is 0 Å². The Labute approximate surface area is 130 Å². The minimum absolute atomic E-state index is 0.0146. The van der Waals surface area contributed by atoms with Crippen molar-refractivity contribution in [2.75, 3.05) is 19.8 Å². The summed E-state index contributed by atoms with van der Waals surface area (Å²) in [5, 5.41) is 3.55. The minimum Gasteiger partial charge on any atom is -0.353 e. The van der Waals surface area contributed by atoms with Crippen molar-refractivity contribution in [2.24, 2.45) is 0 Å². The van der Waals surface area contributed by atoms with Crippen LogP contribution in [0.5, 0.6) is 0 Å². The van der Waals surface area contributed by atoms with E-state index in [1.54, 1.807) is 0 Å². The van der Waals surface area contributed by atoms with E-state index in [1.807, 2.05) is 24.3 Å². The third-order valence-electron chi connectivity index (χ3n) is 3.56. The summed E-state index contributed by atoms with van der Waals surface area (Å²) in [6, 6.07) is 7.66. The molecule has 1 aromatic carbocycles. The second-order valence-electron chi connectivity index (χ2n) is 5.42. The van der Waals surface area contributed by atoms with Crippen LogP contribution in [-0.4, -0.2) is 44.5 Å². The molecule has 1 saturated carbocycles. The van der Waals surface area contributed by atoms with Gasteiger partial charge in [-0.15, -0.1) is 0 Å². The molecule has 1 aliphatic carbocycles. The average Bonchev–Trinajstić information content (AvgIpc) is 3.15. The summed E-state index contributed by atoms with van der Waals surface area (Å²) in [5.41, 5.74) is 1.11. The van der Waals surface area contributed by atoms with Crippen molar-refractivity contribution in [2.45, 2.75) is 24.8 Å². The lowest BCUT2D eigenvalue weighted by atomic mass is 10.1. The first-order valence-corrected chi connectivity index (χ1v) is 8.73. The predicted molar refractivity (Wildman–Crippen MR) is 82.8 cm³/mol. The van der Waals surface area contributed by atoms with Gasteiger partial charge in [0.25, 0.3) is 0 Å². The number of halogens is 1. The molecule has 0 aliphatic heterocycles. The van der Waals surface area contributed by atoms with E-state index in [9.17, 15) is 13.2 Å². The van der Waals surface area contributed by atoms with Crippen molar-refractivity contribution >= 4 is 27.5 Å². The molecule has 0 heterocycles. The number of carbonyl (C=O) groups excluding carboxylic acids is 1. The molecule has 5 nitrogen and oxygen atoms in total. The molecule has 0 unspecified atom stereocenters. The highest BCUT2D eigenvalue weighted by molar-refractivity contribution is 7.89. The normalized spacial score (nSPS) is 21.3. The predicted octanol–water partition coefficient (Wildman–Crippen LogP) is 1.59. The smallest absolute Gasteiger partial charge is 0.221 e. The maximum Gasteiger partial charge on any atom is 0.221 e. The summed E-state index contributed by atoms with van der Waals surface area (Å²) in [6.45, 7) is 0. The van der Waals surface area contributed by atoms with E-state index in [0.717, 1.165) is 16.3 Å². The molecule has 2 atom stereocenters. The summed E-state index contributed by atoms with van der Waals surface area (Å²) in [4.78, 5) is 11.8. The molecular weight excluding hydrogens is 312 g/mol. The van der Waals surface area contributed by atoms with E-state index in [2.05, 4.69) is 5.32 Å². The summed E-state index contributed by atoms with van der Waals surface area (Å²) >= 11 is 5.94. The van der Waals surface area contributed by atoms with Crippen LogP contribution in [0.15, 0.2) is 24.3 Å². The maximum absolute atomic E-state index is 11.8. The van der Waals surface area contributed by atoms with Crippen molar-refractivity contribution in [3.63, 3.8) is 0 Å². The number of benzene rings is 1. The number of sulfonamides is 1. The fourth-order valence-electron chi connectivity index (χ4n) is 2.14. The van der Waals surface area contributed by atoms with Gasteiger partial charge in [-0.1, -0.05) is 23.7 Å². The third-order valence-corrected chi connectivity index (χ3v) is 5.62. The Balaban J connectivity index is 1.81. The van der Waals surface area contributed by atoms with E-state index in [-0.39, 0.29) is 30.0 Å². The number of carbonyl (C=O) groups is 1. The second kappa shape index (κ2) is 6.34. The van der Waals surface area contributed by atoms with Gasteiger partial charge in [-0.2, -0.15) is 0 Å². The number of nitrogens with one attached hydrogen (secondary N) is 1. The average molecular weight is 331 g/mol. The Morgan fingerprint density at radius 3 is 2.76 bits per heavy atom. The quantitative estimate of drug-likeness (QED) is 0.861. The lowest BCUT2D eigenvalue weighted by molar-refractivity contribution is -0.120. The fourth-order valence-corrected chi connectivity index (χ4v) is 3.15. The number of nitrogens with zero attached hydrogens (tertiary/aromatic N) is 1. The molecule has 1 fully saturated rings. The molecule has 116 valence electrons. The van der Waals surface area contributed by atoms with E-state index in [1.165, 1.54) is 14.1 Å². The zero-order valence-electron chi connectivity index (χ0n) is 12.0. The van der Waals surface area contributed by atoms with Gasteiger partial charge in [-0.3, -0.25) is 4.79 Å². The van der Waals surface area contributed by atoms with Gasteiger partial charge in [0, 0.05) is 37.5 Å². The van der Waals surface area contributed by atoms with Crippen LogP contribution in [0.25, 0.3) is 0 Å². The number of hydrogen-bond donors (Lipinski definition) is 1. The maximum atomic E-state index is 11.8. The van der Waals surface area contributed by atoms with Gasteiger partial charge >= 0.3 is 0 Å². The first-order chi connectivity index (χ1) is 9.79. The lowest BCUT2D eigenvalue weighted by Gasteiger charge is -2.11. The van der Waals surface area contributed by atoms with Gasteiger partial charge in [-0.25, -0.2) is 12.7 Å². The van der Waals surface area contributed by atoms with Gasteiger partial charge in [-0.05, 0) is 24.1 Å².